The van der Waals surface area contributed by atoms with E-state index in [0.29, 0.717) is 37.9 Å². The van der Waals surface area contributed by atoms with Crippen molar-refractivity contribution in [1.82, 2.24) is 9.88 Å². The van der Waals surface area contributed by atoms with Gasteiger partial charge in [-0.25, -0.2) is 0 Å². The van der Waals surface area contributed by atoms with Gasteiger partial charge < -0.3 is 19.9 Å². The molecule has 2 amide bonds. The third kappa shape index (κ3) is 4.98. The second-order valence-electron chi connectivity index (χ2n) is 9.01. The first-order valence-corrected chi connectivity index (χ1v) is 11.9. The molecule has 1 heterocycles. The van der Waals surface area contributed by atoms with Crippen molar-refractivity contribution in [1.29, 1.82) is 0 Å². The van der Waals surface area contributed by atoms with Crippen LogP contribution in [0.3, 0.4) is 0 Å². The molecule has 1 aromatic heterocycles. The van der Waals surface area contributed by atoms with Gasteiger partial charge in [-0.2, -0.15) is 0 Å². The second kappa shape index (κ2) is 10.1. The van der Waals surface area contributed by atoms with Gasteiger partial charge in [0.15, 0.2) is 0 Å². The molecule has 1 fully saturated rings. The van der Waals surface area contributed by atoms with Crippen LogP contribution in [0.5, 0.6) is 0 Å². The maximum absolute atomic E-state index is 13.4. The number of carbonyl (C=O) groups excluding carboxylic acids is 2. The lowest BCUT2D eigenvalue weighted by Gasteiger charge is -2.27. The lowest BCUT2D eigenvalue weighted by molar-refractivity contribution is -0.142. The zero-order valence-electron chi connectivity index (χ0n) is 19.7. The number of carboxylic acids is 1. The number of aryl methyl sites for hydroxylation is 1. The van der Waals surface area contributed by atoms with Crippen molar-refractivity contribution in [3.63, 3.8) is 0 Å². The number of nitrogens with one attached hydrogen (secondary N) is 1. The zero-order chi connectivity index (χ0) is 24.2. The average Bonchev–Trinajstić information content (AvgIpc) is 3.18. The van der Waals surface area contributed by atoms with E-state index >= 15 is 0 Å². The molecule has 0 saturated heterocycles. The van der Waals surface area contributed by atoms with Crippen LogP contribution in [-0.2, 0) is 16.1 Å². The number of aromatic nitrogens is 1. The normalized spacial score (nSPS) is 17.9. The van der Waals surface area contributed by atoms with E-state index in [1.54, 1.807) is 9.47 Å². The van der Waals surface area contributed by atoms with Crippen molar-refractivity contribution in [2.45, 2.75) is 52.1 Å². The number of carbonyl (C=O) groups is 3. The van der Waals surface area contributed by atoms with Gasteiger partial charge in [0, 0.05) is 29.2 Å². The molecule has 3 aromatic rings. The van der Waals surface area contributed by atoms with Gasteiger partial charge in [0.1, 0.15) is 12.2 Å². The molecule has 2 N–H and O–H groups in total. The Morgan fingerprint density at radius 3 is 2.44 bits per heavy atom. The third-order valence-electron chi connectivity index (χ3n) is 6.68. The molecule has 0 bridgehead atoms. The number of nitrogens with zero attached hydrogens (tertiary/aromatic N) is 2. The van der Waals surface area contributed by atoms with Gasteiger partial charge in [0.2, 0.25) is 5.91 Å². The number of anilines is 1. The van der Waals surface area contributed by atoms with Gasteiger partial charge >= 0.3 is 5.97 Å². The maximum Gasteiger partial charge on any atom is 0.306 e. The number of carboxylic acid groups (broad SMARTS) is 1. The van der Waals surface area contributed by atoms with Gasteiger partial charge in [0.05, 0.1) is 5.92 Å². The Morgan fingerprint density at radius 1 is 1.03 bits per heavy atom. The zero-order valence-corrected chi connectivity index (χ0v) is 19.7. The number of fused-ring (bicyclic) bond motifs is 1. The van der Waals surface area contributed by atoms with Crippen LogP contribution in [0.15, 0.2) is 54.6 Å². The Balaban J connectivity index is 1.57. The first-order valence-electron chi connectivity index (χ1n) is 11.9. The summed E-state index contributed by atoms with van der Waals surface area (Å²) in [5, 5.41) is 13.2. The fourth-order valence-electron chi connectivity index (χ4n) is 4.83. The van der Waals surface area contributed by atoms with Crippen molar-refractivity contribution in [3.05, 3.63) is 65.9 Å². The highest BCUT2D eigenvalue weighted by molar-refractivity contribution is 6.01. The quantitative estimate of drug-likeness (QED) is 0.546. The molecule has 1 aliphatic rings. The first kappa shape index (κ1) is 23.5. The van der Waals surface area contributed by atoms with Crippen molar-refractivity contribution in [3.8, 4) is 0 Å². The van der Waals surface area contributed by atoms with Crippen LogP contribution in [0.4, 0.5) is 5.69 Å². The minimum Gasteiger partial charge on any atom is -0.481 e. The summed E-state index contributed by atoms with van der Waals surface area (Å²) in [4.78, 5) is 39.6. The number of amides is 2. The molecule has 1 saturated carbocycles. The van der Waals surface area contributed by atoms with E-state index in [9.17, 15) is 19.5 Å². The number of benzene rings is 2. The molecule has 0 aliphatic heterocycles. The van der Waals surface area contributed by atoms with Gasteiger partial charge in [-0.3, -0.25) is 14.4 Å². The topological polar surface area (TPSA) is 91.6 Å². The summed E-state index contributed by atoms with van der Waals surface area (Å²) >= 11 is 0. The highest BCUT2D eigenvalue weighted by Crippen LogP contribution is 2.26. The molecule has 0 spiro atoms. The summed E-state index contributed by atoms with van der Waals surface area (Å²) in [7, 11) is 0. The minimum atomic E-state index is -0.766. The van der Waals surface area contributed by atoms with Gasteiger partial charge in [-0.1, -0.05) is 30.3 Å². The van der Waals surface area contributed by atoms with Crippen molar-refractivity contribution in [2.24, 2.45) is 5.92 Å². The fraction of sp³-hybridized carbons (Fsp3) is 0.370. The van der Waals surface area contributed by atoms with Crippen molar-refractivity contribution >= 4 is 34.4 Å². The molecule has 1 aliphatic carbocycles. The van der Waals surface area contributed by atoms with Crippen LogP contribution in [0, 0.1) is 12.8 Å². The summed E-state index contributed by atoms with van der Waals surface area (Å²) in [6, 6.07) is 17.2. The van der Waals surface area contributed by atoms with E-state index in [-0.39, 0.29) is 30.3 Å². The maximum atomic E-state index is 13.4. The van der Waals surface area contributed by atoms with Crippen LogP contribution in [0.1, 0.15) is 48.7 Å². The molecule has 0 unspecified atom stereocenters. The van der Waals surface area contributed by atoms with E-state index < -0.39 is 5.97 Å². The highest BCUT2D eigenvalue weighted by atomic mass is 16.4. The average molecular weight is 462 g/mol. The van der Waals surface area contributed by atoms with Gasteiger partial charge in [-0.15, -0.1) is 0 Å². The second-order valence-corrected chi connectivity index (χ2v) is 9.01. The molecule has 0 radical (unpaired) electrons. The van der Waals surface area contributed by atoms with Crippen LogP contribution in [0.25, 0.3) is 10.9 Å². The number of rotatable bonds is 7. The number of hydrogen-bond acceptors (Lipinski definition) is 3. The predicted molar refractivity (Wildman–Crippen MR) is 132 cm³/mol. The Morgan fingerprint density at radius 2 is 1.76 bits per heavy atom. The Hall–Kier alpha value is -3.61. The molecule has 0 atom stereocenters. The summed E-state index contributed by atoms with van der Waals surface area (Å²) in [6.07, 6.45) is 2.39. The molecule has 34 heavy (non-hydrogen) atoms. The molecule has 4 rings (SSSR count). The number of para-hydroxylation sites is 1. The molecule has 7 nitrogen and oxygen atoms in total. The summed E-state index contributed by atoms with van der Waals surface area (Å²) in [5.74, 6) is -1.43. The summed E-state index contributed by atoms with van der Waals surface area (Å²) in [5.41, 5.74) is 3.18. The standard InChI is InChI=1S/C27H31N3O4/c1-3-29(22-9-6-7-18(2)15-22)25(31)17-30-23-10-5-4-8-20(23)16-24(30)26(32)28-21-13-11-19(12-14-21)27(33)34/h4-10,15-16,19,21H,3,11-14,17H2,1-2H3,(H,28,32)(H,33,34)/t19-,21-. The van der Waals surface area contributed by atoms with E-state index in [1.807, 2.05) is 68.4 Å². The van der Waals surface area contributed by atoms with Crippen molar-refractivity contribution < 1.29 is 19.5 Å². The number of aliphatic carboxylic acids is 1. The van der Waals surface area contributed by atoms with Gasteiger partial charge in [0.25, 0.3) is 5.91 Å². The number of likely N-dealkylation sites (N-methyl/N-ethyl adjacent to an activating group) is 1. The molecule has 2 aromatic carbocycles. The largest absolute Gasteiger partial charge is 0.481 e. The van der Waals surface area contributed by atoms with E-state index in [4.69, 9.17) is 0 Å². The van der Waals surface area contributed by atoms with Crippen LogP contribution in [0.2, 0.25) is 0 Å². The smallest absolute Gasteiger partial charge is 0.306 e. The minimum absolute atomic E-state index is 0.0454. The lowest BCUT2D eigenvalue weighted by Crippen LogP contribution is -2.40. The van der Waals surface area contributed by atoms with Crippen LogP contribution >= 0.6 is 0 Å². The van der Waals surface area contributed by atoms with E-state index in [1.165, 1.54) is 0 Å². The van der Waals surface area contributed by atoms with Crippen LogP contribution < -0.4 is 10.2 Å². The summed E-state index contributed by atoms with van der Waals surface area (Å²) < 4.78 is 1.79. The Labute approximate surface area is 199 Å². The first-order chi connectivity index (χ1) is 16.4. The Kier molecular flexibility index (Phi) is 7.01. The predicted octanol–water partition coefficient (Wildman–Crippen LogP) is 4.38. The third-order valence-corrected chi connectivity index (χ3v) is 6.68. The Bertz CT molecular complexity index is 1210. The molecular weight excluding hydrogens is 430 g/mol. The SMILES string of the molecule is CCN(C(=O)Cn1c(C(=O)N[C@H]2CC[C@H](C(=O)O)CC2)cc2ccccc21)c1cccc(C)c1. The number of hydrogen-bond donors (Lipinski definition) is 2. The monoisotopic (exact) mass is 461 g/mol. The fourth-order valence-corrected chi connectivity index (χ4v) is 4.83. The lowest BCUT2D eigenvalue weighted by atomic mass is 9.86. The highest BCUT2D eigenvalue weighted by Gasteiger charge is 2.28. The molecular formula is C27H31N3O4. The van der Waals surface area contributed by atoms with Crippen molar-refractivity contribution in [2.75, 3.05) is 11.4 Å². The summed E-state index contributed by atoms with van der Waals surface area (Å²) in [6.45, 7) is 4.50. The molecule has 7 heteroatoms. The van der Waals surface area contributed by atoms with Gasteiger partial charge in [-0.05, 0) is 69.4 Å². The molecule has 178 valence electrons. The van der Waals surface area contributed by atoms with Crippen LogP contribution in [-0.4, -0.2) is 40.0 Å². The van der Waals surface area contributed by atoms with E-state index in [2.05, 4.69) is 5.32 Å². The van der Waals surface area contributed by atoms with E-state index in [0.717, 1.165) is 22.2 Å².